The summed E-state index contributed by atoms with van der Waals surface area (Å²) in [6, 6.07) is 0. The molecule has 0 spiro atoms. The molecule has 2 aliphatic rings. The highest BCUT2D eigenvalue weighted by Gasteiger charge is 2.34. The Hall–Kier alpha value is -0.260. The van der Waals surface area contributed by atoms with Crippen LogP contribution in [0.4, 0.5) is 0 Å². The fourth-order valence-electron chi connectivity index (χ4n) is 3.38. The lowest BCUT2D eigenvalue weighted by atomic mass is 9.84. The molecule has 2 unspecified atom stereocenters. The van der Waals surface area contributed by atoms with Gasteiger partial charge in [-0.2, -0.15) is 0 Å². The number of hydrogen-bond donors (Lipinski definition) is 0. The molecule has 0 nitrogen and oxygen atoms in total. The summed E-state index contributed by atoms with van der Waals surface area (Å²) in [4.78, 5) is 0. The third-order valence-corrected chi connectivity index (χ3v) is 4.72. The zero-order valence-corrected chi connectivity index (χ0v) is 10.7. The van der Waals surface area contributed by atoms with Crippen molar-refractivity contribution in [3.8, 4) is 0 Å². The molecule has 2 bridgehead atoms. The Balaban J connectivity index is 2.10. The molecule has 0 aromatic rings. The second-order valence-electron chi connectivity index (χ2n) is 6.27. The van der Waals surface area contributed by atoms with Gasteiger partial charge in [0, 0.05) is 0 Å². The van der Waals surface area contributed by atoms with Crippen molar-refractivity contribution >= 4 is 0 Å². The van der Waals surface area contributed by atoms with E-state index in [1.807, 2.05) is 11.1 Å². The summed E-state index contributed by atoms with van der Waals surface area (Å²) in [5.41, 5.74) is 4.40. The molecular weight excluding hydrogens is 180 g/mol. The standard InChI is InChI=1S/C15H26/c1-4-12(2)10-13-6-5-8-15(3)9-7-14(13)11-15/h12H,4-11H2,1-3H3. The summed E-state index contributed by atoms with van der Waals surface area (Å²) in [7, 11) is 0. The van der Waals surface area contributed by atoms with Gasteiger partial charge < -0.3 is 0 Å². The molecule has 1 fully saturated rings. The average Bonchev–Trinajstić information content (AvgIpc) is 2.51. The molecule has 2 atom stereocenters. The molecule has 0 aliphatic heterocycles. The minimum Gasteiger partial charge on any atom is -0.0707 e. The fraction of sp³-hybridized carbons (Fsp3) is 0.867. The molecule has 1 saturated carbocycles. The van der Waals surface area contributed by atoms with E-state index >= 15 is 0 Å². The van der Waals surface area contributed by atoms with Gasteiger partial charge in [-0.3, -0.25) is 0 Å². The lowest BCUT2D eigenvalue weighted by Crippen LogP contribution is -2.09. The number of allylic oxidation sites excluding steroid dienone is 2. The van der Waals surface area contributed by atoms with E-state index in [-0.39, 0.29) is 0 Å². The quantitative estimate of drug-likeness (QED) is 0.564. The van der Waals surface area contributed by atoms with Gasteiger partial charge in [0.05, 0.1) is 0 Å². The second kappa shape index (κ2) is 4.31. The van der Waals surface area contributed by atoms with Crippen LogP contribution in [0.5, 0.6) is 0 Å². The minimum atomic E-state index is 0.687. The lowest BCUT2D eigenvalue weighted by Gasteiger charge is -2.21. The van der Waals surface area contributed by atoms with Gasteiger partial charge in [0.2, 0.25) is 0 Å². The van der Waals surface area contributed by atoms with Crippen LogP contribution in [0.3, 0.4) is 0 Å². The lowest BCUT2D eigenvalue weighted by molar-refractivity contribution is 0.309. The Kier molecular flexibility index (Phi) is 3.23. The van der Waals surface area contributed by atoms with Crippen molar-refractivity contribution < 1.29 is 0 Å². The van der Waals surface area contributed by atoms with E-state index in [9.17, 15) is 0 Å². The van der Waals surface area contributed by atoms with E-state index in [2.05, 4.69) is 20.8 Å². The molecule has 0 saturated heterocycles. The third kappa shape index (κ3) is 2.46. The maximum absolute atomic E-state index is 2.51. The van der Waals surface area contributed by atoms with Gasteiger partial charge in [-0.1, -0.05) is 38.3 Å². The minimum absolute atomic E-state index is 0.687. The number of rotatable bonds is 3. The van der Waals surface area contributed by atoms with Crippen LogP contribution >= 0.6 is 0 Å². The molecular formula is C15H26. The Morgan fingerprint density at radius 1 is 1.27 bits per heavy atom. The summed E-state index contributed by atoms with van der Waals surface area (Å²) >= 11 is 0. The predicted octanol–water partition coefficient (Wildman–Crippen LogP) is 5.09. The summed E-state index contributed by atoms with van der Waals surface area (Å²) in [5.74, 6) is 0.900. The van der Waals surface area contributed by atoms with Crippen LogP contribution in [0.1, 0.15) is 72.1 Å². The first-order valence-electron chi connectivity index (χ1n) is 6.83. The summed E-state index contributed by atoms with van der Waals surface area (Å²) < 4.78 is 0. The molecule has 0 aromatic heterocycles. The fourth-order valence-corrected chi connectivity index (χ4v) is 3.38. The molecule has 2 aliphatic carbocycles. The van der Waals surface area contributed by atoms with Gasteiger partial charge in [0.1, 0.15) is 0 Å². The van der Waals surface area contributed by atoms with Gasteiger partial charge in [-0.15, -0.1) is 0 Å². The first-order chi connectivity index (χ1) is 7.13. The van der Waals surface area contributed by atoms with Crippen molar-refractivity contribution in [1.29, 1.82) is 0 Å². The normalized spacial score (nSPS) is 33.0. The molecule has 86 valence electrons. The van der Waals surface area contributed by atoms with E-state index in [0.29, 0.717) is 5.41 Å². The average molecular weight is 206 g/mol. The zero-order valence-electron chi connectivity index (χ0n) is 10.7. The van der Waals surface area contributed by atoms with Gasteiger partial charge >= 0.3 is 0 Å². The smallest absolute Gasteiger partial charge is 0.0263 e. The van der Waals surface area contributed by atoms with Crippen LogP contribution in [-0.4, -0.2) is 0 Å². The largest absolute Gasteiger partial charge is 0.0707 e. The van der Waals surface area contributed by atoms with Gasteiger partial charge in [0.15, 0.2) is 0 Å². The van der Waals surface area contributed by atoms with Crippen molar-refractivity contribution in [2.24, 2.45) is 11.3 Å². The summed E-state index contributed by atoms with van der Waals surface area (Å²) in [5, 5.41) is 0. The summed E-state index contributed by atoms with van der Waals surface area (Å²) in [6.07, 6.45) is 11.4. The molecule has 0 heteroatoms. The molecule has 0 amide bonds. The van der Waals surface area contributed by atoms with Crippen LogP contribution in [-0.2, 0) is 0 Å². The van der Waals surface area contributed by atoms with E-state index in [1.165, 1.54) is 51.4 Å². The van der Waals surface area contributed by atoms with E-state index in [4.69, 9.17) is 0 Å². The first-order valence-corrected chi connectivity index (χ1v) is 6.83. The van der Waals surface area contributed by atoms with Crippen molar-refractivity contribution in [1.82, 2.24) is 0 Å². The van der Waals surface area contributed by atoms with Crippen molar-refractivity contribution in [3.63, 3.8) is 0 Å². The maximum atomic E-state index is 2.51. The summed E-state index contributed by atoms with van der Waals surface area (Å²) in [6.45, 7) is 7.24. The topological polar surface area (TPSA) is 0 Å². The molecule has 0 aromatic carbocycles. The van der Waals surface area contributed by atoms with Gasteiger partial charge in [-0.25, -0.2) is 0 Å². The van der Waals surface area contributed by atoms with Crippen molar-refractivity contribution in [3.05, 3.63) is 11.1 Å². The Morgan fingerprint density at radius 2 is 2.07 bits per heavy atom. The zero-order chi connectivity index (χ0) is 10.9. The Labute approximate surface area is 95.1 Å². The van der Waals surface area contributed by atoms with Crippen LogP contribution in [0.2, 0.25) is 0 Å². The molecule has 15 heavy (non-hydrogen) atoms. The molecule has 0 radical (unpaired) electrons. The van der Waals surface area contributed by atoms with Crippen LogP contribution in [0.15, 0.2) is 11.1 Å². The van der Waals surface area contributed by atoms with E-state index in [0.717, 1.165) is 5.92 Å². The highest BCUT2D eigenvalue weighted by Crippen LogP contribution is 2.49. The highest BCUT2D eigenvalue weighted by molar-refractivity contribution is 5.22. The molecule has 0 N–H and O–H groups in total. The van der Waals surface area contributed by atoms with Gasteiger partial charge in [-0.05, 0) is 56.3 Å². The van der Waals surface area contributed by atoms with E-state index in [1.54, 1.807) is 0 Å². The maximum Gasteiger partial charge on any atom is -0.0263 e. The highest BCUT2D eigenvalue weighted by atomic mass is 14.4. The van der Waals surface area contributed by atoms with E-state index < -0.39 is 0 Å². The van der Waals surface area contributed by atoms with Crippen molar-refractivity contribution in [2.75, 3.05) is 0 Å². The molecule has 2 rings (SSSR count). The monoisotopic (exact) mass is 206 g/mol. The van der Waals surface area contributed by atoms with Crippen LogP contribution in [0.25, 0.3) is 0 Å². The predicted molar refractivity (Wildman–Crippen MR) is 66.9 cm³/mol. The van der Waals surface area contributed by atoms with Crippen LogP contribution in [0, 0.1) is 11.3 Å². The Morgan fingerprint density at radius 3 is 2.80 bits per heavy atom. The number of fused-ring (bicyclic) bond motifs is 2. The third-order valence-electron chi connectivity index (χ3n) is 4.72. The number of hydrogen-bond acceptors (Lipinski definition) is 0. The second-order valence-corrected chi connectivity index (χ2v) is 6.27. The Bertz CT molecular complexity index is 261. The first kappa shape index (κ1) is 11.2. The van der Waals surface area contributed by atoms with Crippen LogP contribution < -0.4 is 0 Å². The SMILES string of the molecule is CCC(C)CC1=C2CCC(C)(CCC1)C2. The van der Waals surface area contributed by atoms with Gasteiger partial charge in [0.25, 0.3) is 0 Å². The van der Waals surface area contributed by atoms with Crippen molar-refractivity contribution in [2.45, 2.75) is 72.1 Å². The molecule has 0 heterocycles.